The molecule has 94 valence electrons. The number of aliphatic carboxylic acids is 1. The van der Waals surface area contributed by atoms with Gasteiger partial charge in [0.15, 0.2) is 0 Å². The van der Waals surface area contributed by atoms with E-state index in [0.717, 1.165) is 17.0 Å². The quantitative estimate of drug-likeness (QED) is 0.847. The average molecular weight is 247 g/mol. The summed E-state index contributed by atoms with van der Waals surface area (Å²) in [6, 6.07) is 9.10. The molecule has 0 radical (unpaired) electrons. The number of carbonyl (C=O) groups is 1. The predicted molar refractivity (Wildman–Crippen MR) is 63.2 cm³/mol. The van der Waals surface area contributed by atoms with Crippen LogP contribution in [0.4, 0.5) is 0 Å². The van der Waals surface area contributed by atoms with Crippen LogP contribution in [0.25, 0.3) is 0 Å². The van der Waals surface area contributed by atoms with Crippen LogP contribution in [0.2, 0.25) is 0 Å². The molecule has 0 spiro atoms. The number of nitrogens with zero attached hydrogens (tertiary/aromatic N) is 1. The average Bonchev–Trinajstić information content (AvgIpc) is 2.88. The van der Waals surface area contributed by atoms with Crippen LogP contribution in [0.15, 0.2) is 41.1 Å². The highest BCUT2D eigenvalue weighted by atomic mass is 16.5. The maximum atomic E-state index is 10.4. The molecule has 0 bridgehead atoms. The fourth-order valence-electron chi connectivity index (χ4n) is 1.47. The zero-order valence-electron chi connectivity index (χ0n) is 9.70. The Morgan fingerprint density at radius 2 is 2.06 bits per heavy atom. The summed E-state index contributed by atoms with van der Waals surface area (Å²) in [4.78, 5) is 10.4. The number of rotatable bonds is 6. The van der Waals surface area contributed by atoms with Crippen LogP contribution in [0.1, 0.15) is 17.7 Å². The summed E-state index contributed by atoms with van der Waals surface area (Å²) < 4.78 is 10.2. The van der Waals surface area contributed by atoms with Crippen molar-refractivity contribution >= 4 is 5.97 Å². The Bertz CT molecular complexity index is 490. The van der Waals surface area contributed by atoms with Crippen molar-refractivity contribution in [2.24, 2.45) is 0 Å². The number of carboxylic acid groups (broad SMARTS) is 1. The van der Waals surface area contributed by atoms with Gasteiger partial charge in [0.05, 0.1) is 0 Å². The van der Waals surface area contributed by atoms with Crippen molar-refractivity contribution in [3.8, 4) is 5.75 Å². The monoisotopic (exact) mass is 247 g/mol. The van der Waals surface area contributed by atoms with Crippen molar-refractivity contribution in [1.29, 1.82) is 0 Å². The molecule has 0 unspecified atom stereocenters. The van der Waals surface area contributed by atoms with Crippen molar-refractivity contribution in [2.45, 2.75) is 19.4 Å². The number of ether oxygens (including phenoxy) is 1. The first-order valence-electron chi connectivity index (χ1n) is 5.57. The van der Waals surface area contributed by atoms with E-state index in [9.17, 15) is 4.79 Å². The maximum Gasteiger partial charge on any atom is 0.303 e. The predicted octanol–water partition coefficient (Wildman–Crippen LogP) is 2.27. The van der Waals surface area contributed by atoms with Crippen LogP contribution in [0, 0.1) is 0 Å². The number of benzene rings is 1. The van der Waals surface area contributed by atoms with Gasteiger partial charge in [-0.25, -0.2) is 0 Å². The van der Waals surface area contributed by atoms with E-state index in [0.29, 0.717) is 13.0 Å². The van der Waals surface area contributed by atoms with Gasteiger partial charge in [0.25, 0.3) is 0 Å². The number of aryl methyl sites for hydroxylation is 1. The van der Waals surface area contributed by atoms with E-state index < -0.39 is 5.97 Å². The molecule has 0 aliphatic heterocycles. The third-order valence-electron chi connectivity index (χ3n) is 2.43. The SMILES string of the molecule is O=C(O)CCc1ccc(OCc2ccon2)cc1. The molecule has 0 aliphatic rings. The van der Waals surface area contributed by atoms with Gasteiger partial charge in [-0.1, -0.05) is 17.3 Å². The van der Waals surface area contributed by atoms with Crippen molar-refractivity contribution in [3.63, 3.8) is 0 Å². The Labute approximate surface area is 104 Å². The molecule has 2 rings (SSSR count). The first-order chi connectivity index (χ1) is 8.74. The number of hydrogen-bond acceptors (Lipinski definition) is 4. The first kappa shape index (κ1) is 12.2. The van der Waals surface area contributed by atoms with Crippen LogP contribution in [-0.4, -0.2) is 16.2 Å². The third-order valence-corrected chi connectivity index (χ3v) is 2.43. The van der Waals surface area contributed by atoms with Crippen LogP contribution in [0.3, 0.4) is 0 Å². The molecule has 1 N–H and O–H groups in total. The van der Waals surface area contributed by atoms with Crippen molar-refractivity contribution in [2.75, 3.05) is 0 Å². The summed E-state index contributed by atoms with van der Waals surface area (Å²) in [7, 11) is 0. The lowest BCUT2D eigenvalue weighted by molar-refractivity contribution is -0.136. The lowest BCUT2D eigenvalue weighted by Gasteiger charge is -2.05. The largest absolute Gasteiger partial charge is 0.487 e. The molecule has 0 aliphatic carbocycles. The van der Waals surface area contributed by atoms with Gasteiger partial charge in [-0.3, -0.25) is 4.79 Å². The number of carboxylic acids is 1. The van der Waals surface area contributed by atoms with Crippen LogP contribution in [0.5, 0.6) is 5.75 Å². The molecular formula is C13H13NO4. The Morgan fingerprint density at radius 1 is 1.28 bits per heavy atom. The summed E-state index contributed by atoms with van der Waals surface area (Å²) in [5.41, 5.74) is 1.70. The maximum absolute atomic E-state index is 10.4. The Morgan fingerprint density at radius 3 is 2.67 bits per heavy atom. The van der Waals surface area contributed by atoms with E-state index in [-0.39, 0.29) is 6.42 Å². The van der Waals surface area contributed by atoms with Crippen molar-refractivity contribution in [1.82, 2.24) is 5.16 Å². The molecule has 0 saturated heterocycles. The second-order valence-corrected chi connectivity index (χ2v) is 3.82. The minimum absolute atomic E-state index is 0.138. The zero-order chi connectivity index (χ0) is 12.8. The van der Waals surface area contributed by atoms with Gasteiger partial charge in [0.1, 0.15) is 24.3 Å². The summed E-state index contributed by atoms with van der Waals surface area (Å²) >= 11 is 0. The standard InChI is InChI=1S/C13H13NO4/c15-13(16)6-3-10-1-4-12(5-2-10)17-9-11-7-8-18-14-11/h1-2,4-5,7-8H,3,6,9H2,(H,15,16). The van der Waals surface area contributed by atoms with Gasteiger partial charge in [-0.15, -0.1) is 0 Å². The van der Waals surface area contributed by atoms with Crippen LogP contribution < -0.4 is 4.74 Å². The molecule has 1 heterocycles. The van der Waals surface area contributed by atoms with Gasteiger partial charge in [0, 0.05) is 12.5 Å². The topological polar surface area (TPSA) is 72.6 Å². The second kappa shape index (κ2) is 5.86. The van der Waals surface area contributed by atoms with E-state index in [1.165, 1.54) is 6.26 Å². The molecule has 0 saturated carbocycles. The molecule has 0 atom stereocenters. The molecule has 1 aromatic carbocycles. The third kappa shape index (κ3) is 3.62. The smallest absolute Gasteiger partial charge is 0.303 e. The highest BCUT2D eigenvalue weighted by molar-refractivity contribution is 5.67. The highest BCUT2D eigenvalue weighted by Gasteiger charge is 2.01. The summed E-state index contributed by atoms with van der Waals surface area (Å²) in [5, 5.41) is 12.3. The first-order valence-corrected chi connectivity index (χ1v) is 5.57. The fraction of sp³-hybridized carbons (Fsp3) is 0.231. The van der Waals surface area contributed by atoms with Gasteiger partial charge in [-0.2, -0.15) is 0 Å². The van der Waals surface area contributed by atoms with Crippen LogP contribution >= 0.6 is 0 Å². The van der Waals surface area contributed by atoms with Crippen LogP contribution in [-0.2, 0) is 17.8 Å². The van der Waals surface area contributed by atoms with Gasteiger partial charge < -0.3 is 14.4 Å². The van der Waals surface area contributed by atoms with Gasteiger partial charge >= 0.3 is 5.97 Å². The van der Waals surface area contributed by atoms with Gasteiger partial charge in [0.2, 0.25) is 0 Å². The van der Waals surface area contributed by atoms with E-state index in [1.54, 1.807) is 6.07 Å². The summed E-state index contributed by atoms with van der Waals surface area (Å²) in [6.07, 6.45) is 2.16. The second-order valence-electron chi connectivity index (χ2n) is 3.82. The molecule has 0 fully saturated rings. The van der Waals surface area contributed by atoms with Gasteiger partial charge in [-0.05, 0) is 24.1 Å². The van der Waals surface area contributed by atoms with E-state index in [4.69, 9.17) is 14.4 Å². The Hall–Kier alpha value is -2.30. The molecule has 1 aromatic heterocycles. The molecule has 2 aromatic rings. The molecule has 18 heavy (non-hydrogen) atoms. The fourth-order valence-corrected chi connectivity index (χ4v) is 1.47. The highest BCUT2D eigenvalue weighted by Crippen LogP contribution is 2.14. The Balaban J connectivity index is 1.85. The molecule has 0 amide bonds. The lowest BCUT2D eigenvalue weighted by atomic mass is 10.1. The number of hydrogen-bond donors (Lipinski definition) is 1. The lowest BCUT2D eigenvalue weighted by Crippen LogP contribution is -1.98. The normalized spacial score (nSPS) is 10.2. The minimum atomic E-state index is -0.790. The van der Waals surface area contributed by atoms with E-state index >= 15 is 0 Å². The van der Waals surface area contributed by atoms with E-state index in [2.05, 4.69) is 5.16 Å². The van der Waals surface area contributed by atoms with Crippen molar-refractivity contribution < 1.29 is 19.2 Å². The summed E-state index contributed by atoms with van der Waals surface area (Å²) in [5.74, 6) is -0.0709. The Kier molecular flexibility index (Phi) is 3.96. The number of aromatic nitrogens is 1. The molecule has 5 heteroatoms. The molecule has 5 nitrogen and oxygen atoms in total. The van der Waals surface area contributed by atoms with Crippen molar-refractivity contribution in [3.05, 3.63) is 47.9 Å². The zero-order valence-corrected chi connectivity index (χ0v) is 9.70. The summed E-state index contributed by atoms with van der Waals surface area (Å²) in [6.45, 7) is 0.352. The van der Waals surface area contributed by atoms with E-state index in [1.807, 2.05) is 24.3 Å². The minimum Gasteiger partial charge on any atom is -0.487 e. The molecular weight excluding hydrogens is 234 g/mol.